The lowest BCUT2D eigenvalue weighted by atomic mass is 9.99. The number of thioether (sulfide) groups is 1. The molecule has 0 aromatic heterocycles. The van der Waals surface area contributed by atoms with Gasteiger partial charge in [-0.15, -0.1) is 0 Å². The molecule has 0 amide bonds. The van der Waals surface area contributed by atoms with Crippen molar-refractivity contribution in [2.45, 2.75) is 5.25 Å². The standard InChI is InChI=1S/C20H15NOS/c21-14-23-20(16-9-11-19(22)12-10-16)18-8-4-7-17(13-18)15-5-2-1-3-6-15/h1-13,20,22H. The molecule has 3 aromatic carbocycles. The van der Waals surface area contributed by atoms with Crippen molar-refractivity contribution in [2.75, 3.05) is 0 Å². The minimum atomic E-state index is -0.0794. The highest BCUT2D eigenvalue weighted by Crippen LogP contribution is 2.37. The maximum atomic E-state index is 9.46. The maximum Gasteiger partial charge on any atom is 0.134 e. The first kappa shape index (κ1) is 15.2. The van der Waals surface area contributed by atoms with Crippen LogP contribution in [0.2, 0.25) is 0 Å². The molecule has 1 unspecified atom stereocenters. The molecule has 112 valence electrons. The topological polar surface area (TPSA) is 44.0 Å². The highest BCUT2D eigenvalue weighted by molar-refractivity contribution is 8.04. The van der Waals surface area contributed by atoms with E-state index in [4.69, 9.17) is 5.26 Å². The summed E-state index contributed by atoms with van der Waals surface area (Å²) < 4.78 is 0. The van der Waals surface area contributed by atoms with Crippen molar-refractivity contribution in [3.8, 4) is 22.3 Å². The SMILES string of the molecule is N#CSC(c1ccc(O)cc1)c1cccc(-c2ccccc2)c1. The highest BCUT2D eigenvalue weighted by Gasteiger charge is 2.15. The monoisotopic (exact) mass is 317 g/mol. The molecule has 0 saturated heterocycles. The lowest BCUT2D eigenvalue weighted by Crippen LogP contribution is -1.96. The molecule has 0 bridgehead atoms. The summed E-state index contributed by atoms with van der Waals surface area (Å²) >= 11 is 1.22. The van der Waals surface area contributed by atoms with Gasteiger partial charge in [0.1, 0.15) is 11.2 Å². The molecule has 3 rings (SSSR count). The number of hydrogen-bond donors (Lipinski definition) is 1. The minimum absolute atomic E-state index is 0.0794. The van der Waals surface area contributed by atoms with Crippen LogP contribution in [0.1, 0.15) is 16.4 Å². The van der Waals surface area contributed by atoms with E-state index in [0.717, 1.165) is 22.3 Å². The number of phenolic OH excluding ortho intramolecular Hbond substituents is 1. The van der Waals surface area contributed by atoms with Crippen LogP contribution in [0.5, 0.6) is 5.75 Å². The third-order valence-corrected chi connectivity index (χ3v) is 4.55. The molecule has 0 fully saturated rings. The number of phenols is 1. The minimum Gasteiger partial charge on any atom is -0.508 e. The largest absolute Gasteiger partial charge is 0.508 e. The van der Waals surface area contributed by atoms with Crippen LogP contribution in [-0.2, 0) is 0 Å². The van der Waals surface area contributed by atoms with Crippen molar-refractivity contribution in [3.63, 3.8) is 0 Å². The Kier molecular flexibility index (Phi) is 4.65. The van der Waals surface area contributed by atoms with Gasteiger partial charge in [0.2, 0.25) is 0 Å². The summed E-state index contributed by atoms with van der Waals surface area (Å²) in [5.41, 5.74) is 4.36. The zero-order valence-electron chi connectivity index (χ0n) is 12.4. The molecule has 0 radical (unpaired) electrons. The number of nitrogens with zero attached hydrogens (tertiary/aromatic N) is 1. The van der Waals surface area contributed by atoms with E-state index in [0.29, 0.717) is 0 Å². The molecule has 0 saturated carbocycles. The molecule has 0 aliphatic heterocycles. The smallest absolute Gasteiger partial charge is 0.134 e. The van der Waals surface area contributed by atoms with E-state index in [1.165, 1.54) is 11.8 Å². The van der Waals surface area contributed by atoms with Crippen LogP contribution >= 0.6 is 11.8 Å². The second-order valence-corrected chi connectivity index (χ2v) is 6.06. The summed E-state index contributed by atoms with van der Waals surface area (Å²) in [5.74, 6) is 0.229. The Morgan fingerprint density at radius 3 is 2.17 bits per heavy atom. The number of aromatic hydroxyl groups is 1. The van der Waals surface area contributed by atoms with Gasteiger partial charge >= 0.3 is 0 Å². The number of thiocyanates is 1. The second-order valence-electron chi connectivity index (χ2n) is 5.17. The van der Waals surface area contributed by atoms with E-state index in [1.54, 1.807) is 12.1 Å². The van der Waals surface area contributed by atoms with Gasteiger partial charge in [-0.3, -0.25) is 0 Å². The second kappa shape index (κ2) is 7.04. The predicted molar refractivity (Wildman–Crippen MR) is 95.0 cm³/mol. The van der Waals surface area contributed by atoms with Crippen molar-refractivity contribution in [1.82, 2.24) is 0 Å². The number of nitriles is 1. The van der Waals surface area contributed by atoms with Gasteiger partial charge in [-0.2, -0.15) is 5.26 Å². The first-order chi connectivity index (χ1) is 11.3. The van der Waals surface area contributed by atoms with Crippen LogP contribution in [0.4, 0.5) is 0 Å². The van der Waals surface area contributed by atoms with Crippen molar-refractivity contribution < 1.29 is 5.11 Å². The van der Waals surface area contributed by atoms with E-state index in [2.05, 4.69) is 29.7 Å². The molecule has 0 heterocycles. The molecular formula is C20H15NOS. The number of hydrogen-bond acceptors (Lipinski definition) is 3. The van der Waals surface area contributed by atoms with Crippen LogP contribution in [-0.4, -0.2) is 5.11 Å². The Labute approximate surface area is 140 Å². The fourth-order valence-corrected chi connectivity index (χ4v) is 3.22. The Hall–Kier alpha value is -2.70. The maximum absolute atomic E-state index is 9.46. The quantitative estimate of drug-likeness (QED) is 0.658. The van der Waals surface area contributed by atoms with E-state index in [9.17, 15) is 5.11 Å². The van der Waals surface area contributed by atoms with Crippen molar-refractivity contribution in [2.24, 2.45) is 0 Å². The van der Waals surface area contributed by atoms with Crippen molar-refractivity contribution in [1.29, 1.82) is 5.26 Å². The van der Waals surface area contributed by atoms with Crippen LogP contribution in [0.25, 0.3) is 11.1 Å². The Bertz CT molecular complexity index is 822. The molecule has 1 atom stereocenters. The summed E-state index contributed by atoms with van der Waals surface area (Å²) in [6.45, 7) is 0. The normalized spacial score (nSPS) is 11.6. The molecular weight excluding hydrogens is 302 g/mol. The zero-order chi connectivity index (χ0) is 16.1. The van der Waals surface area contributed by atoms with E-state index < -0.39 is 0 Å². The third-order valence-electron chi connectivity index (χ3n) is 3.66. The molecule has 1 N–H and O–H groups in total. The van der Waals surface area contributed by atoms with Gasteiger partial charge in [-0.25, -0.2) is 0 Å². The molecule has 0 aliphatic rings. The fraction of sp³-hybridized carbons (Fsp3) is 0.0500. The van der Waals surface area contributed by atoms with Crippen LogP contribution in [0.15, 0.2) is 78.9 Å². The summed E-state index contributed by atoms with van der Waals surface area (Å²) in [4.78, 5) is 0. The molecule has 0 aliphatic carbocycles. The van der Waals surface area contributed by atoms with Crippen LogP contribution in [0, 0.1) is 10.7 Å². The summed E-state index contributed by atoms with van der Waals surface area (Å²) in [6, 6.07) is 25.5. The van der Waals surface area contributed by atoms with Gasteiger partial charge < -0.3 is 5.11 Å². The molecule has 0 spiro atoms. The third kappa shape index (κ3) is 3.56. The first-order valence-corrected chi connectivity index (χ1v) is 8.15. The average molecular weight is 317 g/mol. The lowest BCUT2D eigenvalue weighted by Gasteiger charge is -2.15. The van der Waals surface area contributed by atoms with E-state index in [1.807, 2.05) is 42.5 Å². The first-order valence-electron chi connectivity index (χ1n) is 7.27. The summed E-state index contributed by atoms with van der Waals surface area (Å²) in [6.07, 6.45) is 0. The Morgan fingerprint density at radius 1 is 0.783 bits per heavy atom. The molecule has 2 nitrogen and oxygen atoms in total. The van der Waals surface area contributed by atoms with Crippen molar-refractivity contribution in [3.05, 3.63) is 90.0 Å². The average Bonchev–Trinajstić information content (AvgIpc) is 2.61. The van der Waals surface area contributed by atoms with Gasteiger partial charge in [-0.05, 0) is 52.2 Å². The fourth-order valence-electron chi connectivity index (χ4n) is 2.54. The van der Waals surface area contributed by atoms with E-state index in [-0.39, 0.29) is 11.0 Å². The van der Waals surface area contributed by atoms with Gasteiger partial charge in [0.25, 0.3) is 0 Å². The molecule has 3 heteroatoms. The number of benzene rings is 3. The van der Waals surface area contributed by atoms with Crippen molar-refractivity contribution >= 4 is 11.8 Å². The predicted octanol–water partition coefficient (Wildman–Crippen LogP) is 5.36. The lowest BCUT2D eigenvalue weighted by molar-refractivity contribution is 0.475. The van der Waals surface area contributed by atoms with Gasteiger partial charge in [0, 0.05) is 0 Å². The number of rotatable bonds is 4. The van der Waals surface area contributed by atoms with Gasteiger partial charge in [-0.1, -0.05) is 60.7 Å². The van der Waals surface area contributed by atoms with Gasteiger partial charge in [0.05, 0.1) is 5.25 Å². The van der Waals surface area contributed by atoms with E-state index >= 15 is 0 Å². The summed E-state index contributed by atoms with van der Waals surface area (Å²) in [5, 5.41) is 20.7. The molecule has 3 aromatic rings. The Morgan fingerprint density at radius 2 is 1.48 bits per heavy atom. The van der Waals surface area contributed by atoms with Gasteiger partial charge in [0.15, 0.2) is 0 Å². The molecule has 23 heavy (non-hydrogen) atoms. The van der Waals surface area contributed by atoms with Crippen LogP contribution in [0.3, 0.4) is 0 Å². The highest BCUT2D eigenvalue weighted by atomic mass is 32.2. The van der Waals surface area contributed by atoms with Crippen LogP contribution < -0.4 is 0 Å². The Balaban J connectivity index is 2.00. The zero-order valence-corrected chi connectivity index (χ0v) is 13.2. The summed E-state index contributed by atoms with van der Waals surface area (Å²) in [7, 11) is 0.